The molecule has 0 aliphatic carbocycles. The van der Waals surface area contributed by atoms with Crippen molar-refractivity contribution >= 4 is 33.1 Å². The number of aromatic nitrogens is 1. The van der Waals surface area contributed by atoms with Gasteiger partial charge in [-0.25, -0.2) is 18.5 Å². The van der Waals surface area contributed by atoms with E-state index in [0.717, 1.165) is 5.69 Å². The molecule has 1 atom stereocenters. The van der Waals surface area contributed by atoms with Crippen LogP contribution in [0.15, 0.2) is 48.7 Å². The number of nitrogens with two attached hydrogens (primary N) is 1. The molecule has 7 nitrogen and oxygen atoms in total. The van der Waals surface area contributed by atoms with Crippen molar-refractivity contribution in [3.05, 3.63) is 48.7 Å². The van der Waals surface area contributed by atoms with Gasteiger partial charge in [-0.1, -0.05) is 18.2 Å². The van der Waals surface area contributed by atoms with Crippen molar-refractivity contribution in [2.24, 2.45) is 11.1 Å². The maximum absolute atomic E-state index is 12.1. The van der Waals surface area contributed by atoms with E-state index in [2.05, 4.69) is 10.3 Å². The van der Waals surface area contributed by atoms with Gasteiger partial charge in [-0.15, -0.1) is 0 Å². The molecule has 126 valence electrons. The highest BCUT2D eigenvalue weighted by molar-refractivity contribution is 7.89. The third-order valence-corrected chi connectivity index (χ3v) is 4.71. The molecule has 1 aromatic carbocycles. The molecule has 0 spiro atoms. The predicted octanol–water partition coefficient (Wildman–Crippen LogP) is 1.47. The molecule has 1 fully saturated rings. The highest BCUT2D eigenvalue weighted by Crippen LogP contribution is 2.26. The first-order chi connectivity index (χ1) is 11.4. The Kier molecular flexibility index (Phi) is 4.50. The first-order valence-electron chi connectivity index (χ1n) is 7.50. The topological polar surface area (TPSA) is 105 Å². The number of amides is 1. The monoisotopic (exact) mass is 346 g/mol. The van der Waals surface area contributed by atoms with Gasteiger partial charge in [0.25, 0.3) is 0 Å². The molecule has 8 heteroatoms. The summed E-state index contributed by atoms with van der Waals surface area (Å²) in [6, 6.07) is 13.2. The summed E-state index contributed by atoms with van der Waals surface area (Å²) in [5.41, 5.74) is 1.57. The molecule has 2 heterocycles. The van der Waals surface area contributed by atoms with Crippen LogP contribution in [0.25, 0.3) is 0 Å². The van der Waals surface area contributed by atoms with Crippen LogP contribution >= 0.6 is 0 Å². The summed E-state index contributed by atoms with van der Waals surface area (Å²) >= 11 is 0. The van der Waals surface area contributed by atoms with Crippen molar-refractivity contribution in [3.8, 4) is 0 Å². The van der Waals surface area contributed by atoms with Gasteiger partial charge >= 0.3 is 0 Å². The number of hydrogen-bond donors (Lipinski definition) is 2. The zero-order chi connectivity index (χ0) is 17.2. The van der Waals surface area contributed by atoms with Gasteiger partial charge in [-0.2, -0.15) is 0 Å². The van der Waals surface area contributed by atoms with Crippen LogP contribution in [0.5, 0.6) is 0 Å². The molecule has 24 heavy (non-hydrogen) atoms. The smallest absolute Gasteiger partial charge is 0.227 e. The Bertz CT molecular complexity index is 822. The molecule has 1 aromatic heterocycles. The van der Waals surface area contributed by atoms with Gasteiger partial charge in [0.2, 0.25) is 15.9 Å². The Hall–Kier alpha value is -2.45. The van der Waals surface area contributed by atoms with E-state index in [1.165, 1.54) is 0 Å². The number of para-hydroxylation sites is 1. The van der Waals surface area contributed by atoms with Crippen LogP contribution < -0.4 is 15.4 Å². The van der Waals surface area contributed by atoms with E-state index in [4.69, 9.17) is 5.14 Å². The molecule has 2 aromatic rings. The predicted molar refractivity (Wildman–Crippen MR) is 92.4 cm³/mol. The molecule has 1 unspecified atom stereocenters. The van der Waals surface area contributed by atoms with E-state index in [9.17, 15) is 13.2 Å². The largest absolute Gasteiger partial charge is 0.340 e. The zero-order valence-electron chi connectivity index (χ0n) is 12.9. The molecule has 0 bridgehead atoms. The third-order valence-electron chi connectivity index (χ3n) is 3.78. The Labute approximate surface area is 140 Å². The van der Waals surface area contributed by atoms with E-state index >= 15 is 0 Å². The van der Waals surface area contributed by atoms with Crippen LogP contribution in [0.4, 0.5) is 17.2 Å². The van der Waals surface area contributed by atoms with Crippen molar-refractivity contribution in [3.63, 3.8) is 0 Å². The van der Waals surface area contributed by atoms with Crippen LogP contribution in [-0.2, 0) is 14.8 Å². The summed E-state index contributed by atoms with van der Waals surface area (Å²) in [5.74, 6) is 0.0811. The summed E-state index contributed by atoms with van der Waals surface area (Å²) in [5, 5.41) is 8.22. The van der Waals surface area contributed by atoms with Gasteiger partial charge in [0.15, 0.2) is 0 Å². The molecule has 3 N–H and O–H groups in total. The molecular weight excluding hydrogens is 328 g/mol. The number of benzene rings is 1. The molecule has 1 saturated heterocycles. The van der Waals surface area contributed by atoms with Crippen LogP contribution in [0.1, 0.15) is 6.42 Å². The molecule has 1 amide bonds. The maximum Gasteiger partial charge on any atom is 0.227 e. The quantitative estimate of drug-likeness (QED) is 0.853. The van der Waals surface area contributed by atoms with Gasteiger partial charge in [-0.05, 0) is 24.3 Å². The van der Waals surface area contributed by atoms with E-state index in [1.54, 1.807) is 23.2 Å². The van der Waals surface area contributed by atoms with E-state index in [1.807, 2.05) is 30.3 Å². The fourth-order valence-electron chi connectivity index (χ4n) is 2.76. The number of nitrogens with one attached hydrogen (secondary N) is 1. The minimum atomic E-state index is -3.58. The summed E-state index contributed by atoms with van der Waals surface area (Å²) in [4.78, 5) is 17.9. The van der Waals surface area contributed by atoms with Gasteiger partial charge in [0.05, 0.1) is 17.6 Å². The van der Waals surface area contributed by atoms with E-state index in [0.29, 0.717) is 18.1 Å². The first kappa shape index (κ1) is 16.4. The summed E-state index contributed by atoms with van der Waals surface area (Å²) in [6.07, 6.45) is 1.78. The molecule has 1 aliphatic rings. The molecule has 1 aliphatic heterocycles. The highest BCUT2D eigenvalue weighted by Gasteiger charge is 2.32. The number of pyridine rings is 1. The fraction of sp³-hybridized carbons (Fsp3) is 0.250. The van der Waals surface area contributed by atoms with Gasteiger partial charge in [0, 0.05) is 24.6 Å². The lowest BCUT2D eigenvalue weighted by molar-refractivity contribution is -0.117. The Morgan fingerprint density at radius 3 is 2.58 bits per heavy atom. The second-order valence-corrected chi connectivity index (χ2v) is 7.46. The van der Waals surface area contributed by atoms with Crippen molar-refractivity contribution in [2.75, 3.05) is 22.5 Å². The van der Waals surface area contributed by atoms with Gasteiger partial charge < -0.3 is 10.2 Å². The Morgan fingerprint density at radius 2 is 1.96 bits per heavy atom. The van der Waals surface area contributed by atoms with Gasteiger partial charge in [-0.3, -0.25) is 4.79 Å². The highest BCUT2D eigenvalue weighted by atomic mass is 32.2. The number of hydrogen-bond acceptors (Lipinski definition) is 5. The molecule has 0 radical (unpaired) electrons. The number of primary sulfonamides is 1. The lowest BCUT2D eigenvalue weighted by Gasteiger charge is -2.16. The average molecular weight is 346 g/mol. The van der Waals surface area contributed by atoms with Crippen LogP contribution in [-0.4, -0.2) is 31.6 Å². The minimum Gasteiger partial charge on any atom is -0.340 e. The van der Waals surface area contributed by atoms with E-state index < -0.39 is 10.0 Å². The summed E-state index contributed by atoms with van der Waals surface area (Å²) in [7, 11) is -3.58. The van der Waals surface area contributed by atoms with Crippen molar-refractivity contribution < 1.29 is 13.2 Å². The molecule has 0 saturated carbocycles. The number of nitrogens with zero attached hydrogens (tertiary/aromatic N) is 2. The zero-order valence-corrected chi connectivity index (χ0v) is 13.7. The van der Waals surface area contributed by atoms with E-state index in [-0.39, 0.29) is 24.0 Å². The second-order valence-electron chi connectivity index (χ2n) is 5.80. The average Bonchev–Trinajstić information content (AvgIpc) is 2.87. The Morgan fingerprint density at radius 1 is 1.21 bits per heavy atom. The number of carbonyl (C=O) groups is 1. The third kappa shape index (κ3) is 4.09. The molecular formula is C16H18N4O3S. The number of carbonyl (C=O) groups excluding carboxylic acids is 1. The second kappa shape index (κ2) is 6.58. The SMILES string of the molecule is NS(=O)(=O)CC1CC(=O)N(c2ccc(Nc3ccccc3)nc2)C1. The maximum atomic E-state index is 12.1. The van der Waals surface area contributed by atoms with Crippen molar-refractivity contribution in [1.82, 2.24) is 4.98 Å². The first-order valence-corrected chi connectivity index (χ1v) is 9.21. The van der Waals surface area contributed by atoms with Crippen LogP contribution in [0.3, 0.4) is 0 Å². The van der Waals surface area contributed by atoms with Crippen molar-refractivity contribution in [1.29, 1.82) is 0 Å². The summed E-state index contributed by atoms with van der Waals surface area (Å²) in [6.45, 7) is 0.336. The normalized spacial score (nSPS) is 18.0. The number of rotatable bonds is 5. The lowest BCUT2D eigenvalue weighted by Crippen LogP contribution is -2.27. The van der Waals surface area contributed by atoms with Crippen molar-refractivity contribution in [2.45, 2.75) is 6.42 Å². The Balaban J connectivity index is 1.68. The van der Waals surface area contributed by atoms with Crippen LogP contribution in [0, 0.1) is 5.92 Å². The fourth-order valence-corrected chi connectivity index (χ4v) is 3.64. The standard InChI is InChI=1S/C16H18N4O3S/c17-24(22,23)11-12-8-16(21)20(10-12)14-6-7-15(18-9-14)19-13-4-2-1-3-5-13/h1-7,9,12H,8,10-11H2,(H,18,19)(H2,17,22,23). The minimum absolute atomic E-state index is 0.116. The number of sulfonamides is 1. The lowest BCUT2D eigenvalue weighted by atomic mass is 10.1. The molecule has 3 rings (SSSR count). The summed E-state index contributed by atoms with van der Waals surface area (Å²) < 4.78 is 22.4. The number of anilines is 3. The van der Waals surface area contributed by atoms with Crippen LogP contribution in [0.2, 0.25) is 0 Å². The van der Waals surface area contributed by atoms with Gasteiger partial charge in [0.1, 0.15) is 5.82 Å².